The highest BCUT2D eigenvalue weighted by molar-refractivity contribution is 5.85. The summed E-state index contributed by atoms with van der Waals surface area (Å²) in [4.78, 5) is 15.3. The lowest BCUT2D eigenvalue weighted by Crippen LogP contribution is -2.28. The van der Waals surface area contributed by atoms with Crippen molar-refractivity contribution in [3.8, 4) is 5.75 Å². The lowest BCUT2D eigenvalue weighted by Gasteiger charge is -2.08. The number of hydrogen-bond donors (Lipinski definition) is 2. The monoisotopic (exact) mass is 308 g/mol. The van der Waals surface area contributed by atoms with Gasteiger partial charge >= 0.3 is 0 Å². The number of rotatable bonds is 5. The van der Waals surface area contributed by atoms with E-state index in [2.05, 4.69) is 16.4 Å². The van der Waals surface area contributed by atoms with Gasteiger partial charge in [0.05, 0.1) is 0 Å². The van der Waals surface area contributed by atoms with Crippen LogP contribution in [-0.2, 0) is 11.3 Å². The molecule has 0 radical (unpaired) electrons. The van der Waals surface area contributed by atoms with E-state index in [0.29, 0.717) is 12.3 Å². The standard InChI is InChI=1S/C19H20N2O2/c1-13-6-5-7-15(10-13)23-12-19(22)20-11-17-14(2)21-18-9-4-3-8-16(17)18/h3-10,21H,11-12H2,1-2H3,(H,20,22). The van der Waals surface area contributed by atoms with Crippen molar-refractivity contribution in [1.29, 1.82) is 0 Å². The van der Waals surface area contributed by atoms with E-state index in [9.17, 15) is 4.79 Å². The minimum atomic E-state index is -0.129. The van der Waals surface area contributed by atoms with Crippen LogP contribution in [0.5, 0.6) is 5.75 Å². The molecule has 2 N–H and O–H groups in total. The van der Waals surface area contributed by atoms with Gasteiger partial charge in [-0.25, -0.2) is 0 Å². The summed E-state index contributed by atoms with van der Waals surface area (Å²) < 4.78 is 5.52. The number of benzene rings is 2. The highest BCUT2D eigenvalue weighted by Crippen LogP contribution is 2.21. The molecular weight excluding hydrogens is 288 g/mol. The van der Waals surface area contributed by atoms with E-state index >= 15 is 0 Å². The van der Waals surface area contributed by atoms with Crippen LogP contribution >= 0.6 is 0 Å². The highest BCUT2D eigenvalue weighted by Gasteiger charge is 2.09. The molecule has 0 aliphatic rings. The fraction of sp³-hybridized carbons (Fsp3) is 0.211. The summed E-state index contributed by atoms with van der Waals surface area (Å²) >= 11 is 0. The molecule has 0 aliphatic carbocycles. The Bertz CT molecular complexity index is 836. The first-order chi connectivity index (χ1) is 11.1. The Morgan fingerprint density at radius 2 is 1.96 bits per heavy atom. The predicted molar refractivity (Wildman–Crippen MR) is 91.6 cm³/mol. The molecule has 4 heteroatoms. The third kappa shape index (κ3) is 3.54. The molecule has 23 heavy (non-hydrogen) atoms. The van der Waals surface area contributed by atoms with Crippen LogP contribution < -0.4 is 10.1 Å². The van der Waals surface area contributed by atoms with Gasteiger partial charge in [-0.15, -0.1) is 0 Å². The second-order valence-electron chi connectivity index (χ2n) is 5.66. The Morgan fingerprint density at radius 1 is 1.13 bits per heavy atom. The molecule has 0 spiro atoms. The zero-order chi connectivity index (χ0) is 16.2. The maximum atomic E-state index is 12.0. The molecule has 118 valence electrons. The number of fused-ring (bicyclic) bond motifs is 1. The number of aromatic amines is 1. The van der Waals surface area contributed by atoms with Crippen LogP contribution in [-0.4, -0.2) is 17.5 Å². The number of aromatic nitrogens is 1. The molecule has 3 rings (SSSR count). The zero-order valence-corrected chi connectivity index (χ0v) is 13.3. The summed E-state index contributed by atoms with van der Waals surface area (Å²) in [6.07, 6.45) is 0. The van der Waals surface area contributed by atoms with E-state index in [0.717, 1.165) is 27.7 Å². The topological polar surface area (TPSA) is 54.1 Å². The number of carbonyl (C=O) groups excluding carboxylic acids is 1. The smallest absolute Gasteiger partial charge is 0.258 e. The third-order valence-electron chi connectivity index (χ3n) is 3.85. The molecule has 1 aromatic heterocycles. The number of aryl methyl sites for hydroxylation is 2. The van der Waals surface area contributed by atoms with Crippen molar-refractivity contribution in [2.75, 3.05) is 6.61 Å². The molecule has 4 nitrogen and oxygen atoms in total. The fourth-order valence-corrected chi connectivity index (χ4v) is 2.65. The van der Waals surface area contributed by atoms with Crippen molar-refractivity contribution < 1.29 is 9.53 Å². The van der Waals surface area contributed by atoms with Crippen LogP contribution in [0.1, 0.15) is 16.8 Å². The zero-order valence-electron chi connectivity index (χ0n) is 13.3. The van der Waals surface area contributed by atoms with E-state index in [1.54, 1.807) is 0 Å². The fourth-order valence-electron chi connectivity index (χ4n) is 2.65. The average Bonchev–Trinajstić information content (AvgIpc) is 2.86. The maximum absolute atomic E-state index is 12.0. The minimum Gasteiger partial charge on any atom is -0.484 e. The van der Waals surface area contributed by atoms with Crippen molar-refractivity contribution >= 4 is 16.8 Å². The van der Waals surface area contributed by atoms with Gasteiger partial charge in [-0.3, -0.25) is 4.79 Å². The molecule has 0 saturated carbocycles. The Hall–Kier alpha value is -2.75. The van der Waals surface area contributed by atoms with Crippen molar-refractivity contribution in [2.24, 2.45) is 0 Å². The summed E-state index contributed by atoms with van der Waals surface area (Å²) in [5, 5.41) is 4.06. The van der Waals surface area contributed by atoms with E-state index in [1.165, 1.54) is 0 Å². The van der Waals surface area contributed by atoms with Crippen LogP contribution in [0.25, 0.3) is 10.9 Å². The van der Waals surface area contributed by atoms with Crippen molar-refractivity contribution in [2.45, 2.75) is 20.4 Å². The normalized spacial score (nSPS) is 10.7. The summed E-state index contributed by atoms with van der Waals surface area (Å²) in [5.41, 5.74) is 4.39. The number of H-pyrrole nitrogens is 1. The number of para-hydroxylation sites is 1. The van der Waals surface area contributed by atoms with Crippen molar-refractivity contribution in [1.82, 2.24) is 10.3 Å². The summed E-state index contributed by atoms with van der Waals surface area (Å²) in [6, 6.07) is 15.8. The van der Waals surface area contributed by atoms with Gasteiger partial charge in [0.1, 0.15) is 5.75 Å². The maximum Gasteiger partial charge on any atom is 0.258 e. The van der Waals surface area contributed by atoms with Gasteiger partial charge in [0.2, 0.25) is 0 Å². The second-order valence-corrected chi connectivity index (χ2v) is 5.66. The van der Waals surface area contributed by atoms with Gasteiger partial charge in [-0.2, -0.15) is 0 Å². The lowest BCUT2D eigenvalue weighted by molar-refractivity contribution is -0.123. The van der Waals surface area contributed by atoms with Crippen LogP contribution in [0.3, 0.4) is 0 Å². The Kier molecular flexibility index (Phi) is 4.33. The predicted octanol–water partition coefficient (Wildman–Crippen LogP) is 3.48. The van der Waals surface area contributed by atoms with E-state index in [4.69, 9.17) is 4.74 Å². The van der Waals surface area contributed by atoms with Crippen molar-refractivity contribution in [3.05, 3.63) is 65.4 Å². The minimum absolute atomic E-state index is 0.0187. The molecule has 0 bridgehead atoms. The SMILES string of the molecule is Cc1cccc(OCC(=O)NCc2c(C)[nH]c3ccccc23)c1. The van der Waals surface area contributed by atoms with Crippen LogP contribution in [0.4, 0.5) is 0 Å². The van der Waals surface area contributed by atoms with Gasteiger partial charge in [0.25, 0.3) is 5.91 Å². The van der Waals surface area contributed by atoms with Gasteiger partial charge in [-0.1, -0.05) is 30.3 Å². The second kappa shape index (κ2) is 6.57. The largest absolute Gasteiger partial charge is 0.484 e. The first-order valence-electron chi connectivity index (χ1n) is 7.66. The van der Waals surface area contributed by atoms with Crippen LogP contribution in [0, 0.1) is 13.8 Å². The molecule has 0 fully saturated rings. The Labute approximate surface area is 135 Å². The number of carbonyl (C=O) groups is 1. The van der Waals surface area contributed by atoms with E-state index in [-0.39, 0.29) is 12.5 Å². The summed E-state index contributed by atoms with van der Waals surface area (Å²) in [7, 11) is 0. The van der Waals surface area contributed by atoms with Crippen molar-refractivity contribution in [3.63, 3.8) is 0 Å². The molecule has 0 unspecified atom stereocenters. The lowest BCUT2D eigenvalue weighted by atomic mass is 10.1. The molecule has 0 atom stereocenters. The number of nitrogens with one attached hydrogen (secondary N) is 2. The summed E-state index contributed by atoms with van der Waals surface area (Å²) in [5.74, 6) is 0.583. The quantitative estimate of drug-likeness (QED) is 0.758. The molecule has 0 saturated heterocycles. The molecule has 0 aliphatic heterocycles. The number of ether oxygens (including phenoxy) is 1. The highest BCUT2D eigenvalue weighted by atomic mass is 16.5. The van der Waals surface area contributed by atoms with E-state index in [1.807, 2.05) is 56.3 Å². The summed E-state index contributed by atoms with van der Waals surface area (Å²) in [6.45, 7) is 4.52. The van der Waals surface area contributed by atoms with Gasteiger partial charge in [0.15, 0.2) is 6.61 Å². The molecule has 2 aromatic carbocycles. The molecule has 1 heterocycles. The number of amides is 1. The Morgan fingerprint density at radius 3 is 2.78 bits per heavy atom. The van der Waals surface area contributed by atoms with E-state index < -0.39 is 0 Å². The molecular formula is C19H20N2O2. The number of hydrogen-bond acceptors (Lipinski definition) is 2. The van der Waals surface area contributed by atoms with Crippen LogP contribution in [0.15, 0.2) is 48.5 Å². The average molecular weight is 308 g/mol. The molecule has 1 amide bonds. The van der Waals surface area contributed by atoms with Gasteiger partial charge in [0, 0.05) is 23.1 Å². The van der Waals surface area contributed by atoms with Gasteiger partial charge < -0.3 is 15.0 Å². The van der Waals surface area contributed by atoms with Gasteiger partial charge in [-0.05, 0) is 43.2 Å². The Balaban J connectivity index is 1.59. The first-order valence-corrected chi connectivity index (χ1v) is 7.66. The molecule has 3 aromatic rings. The third-order valence-corrected chi connectivity index (χ3v) is 3.85. The van der Waals surface area contributed by atoms with Crippen LogP contribution in [0.2, 0.25) is 0 Å². The first kappa shape index (κ1) is 15.2.